The van der Waals surface area contributed by atoms with Crippen LogP contribution in [0.1, 0.15) is 19.8 Å². The van der Waals surface area contributed by atoms with Crippen LogP contribution in [0, 0.1) is 0 Å². The maximum Gasteiger partial charge on any atom is 0.394 e. The number of nitrogens with one attached hydrogen (secondary N) is 1. The molecule has 3 rings (SSSR count). The molecule has 0 saturated heterocycles. The van der Waals surface area contributed by atoms with Gasteiger partial charge in [-0.2, -0.15) is 8.42 Å². The van der Waals surface area contributed by atoms with Crippen LogP contribution in [0.5, 0.6) is 0 Å². The van der Waals surface area contributed by atoms with E-state index in [0.717, 1.165) is 29.7 Å². The highest BCUT2D eigenvalue weighted by Gasteiger charge is 2.14. The lowest BCUT2D eigenvalue weighted by Gasteiger charge is -2.20. The van der Waals surface area contributed by atoms with Gasteiger partial charge in [-0.15, -0.1) is 0 Å². The fraction of sp³-hybridized carbons (Fsp3) is 0.353. The summed E-state index contributed by atoms with van der Waals surface area (Å²) < 4.78 is 35.0. The summed E-state index contributed by atoms with van der Waals surface area (Å²) in [6, 6.07) is 3.83. The summed E-state index contributed by atoms with van der Waals surface area (Å²) in [4.78, 5) is 33.1. The van der Waals surface area contributed by atoms with E-state index in [9.17, 15) is 9.59 Å². The lowest BCUT2D eigenvalue weighted by atomic mass is 10.2. The molecule has 0 fully saturated rings. The molecule has 0 amide bonds. The second-order valence-electron chi connectivity index (χ2n) is 6.43. The quantitative estimate of drug-likeness (QED) is 0.406. The third-order valence-corrected chi connectivity index (χ3v) is 4.07. The SMILES string of the molecule is CCCCn1c(=O)c(=O)[nH]c2cc(N(C)C)c(-n3ccnc3)cc21.O=S(=O)(O)O. The largest absolute Gasteiger partial charge is 0.394 e. The molecule has 3 N–H and O–H groups in total. The fourth-order valence-corrected chi connectivity index (χ4v) is 2.80. The van der Waals surface area contributed by atoms with E-state index < -0.39 is 21.5 Å². The molecule has 0 aliphatic heterocycles. The second kappa shape index (κ2) is 9.03. The predicted molar refractivity (Wildman–Crippen MR) is 109 cm³/mol. The Labute approximate surface area is 166 Å². The van der Waals surface area contributed by atoms with Gasteiger partial charge in [-0.1, -0.05) is 13.3 Å². The summed E-state index contributed by atoms with van der Waals surface area (Å²) in [7, 11) is -0.792. The Morgan fingerprint density at radius 1 is 1.21 bits per heavy atom. The average molecular weight is 425 g/mol. The molecule has 0 bridgehead atoms. The van der Waals surface area contributed by atoms with Crippen molar-refractivity contribution in [2.45, 2.75) is 26.3 Å². The molecule has 0 aliphatic carbocycles. The third kappa shape index (κ3) is 5.76. The van der Waals surface area contributed by atoms with Crippen LogP contribution in [0.15, 0.2) is 40.4 Å². The Kier molecular flexibility index (Phi) is 6.95. The number of nitrogens with zero attached hydrogens (tertiary/aromatic N) is 4. The predicted octanol–water partition coefficient (Wildman–Crippen LogP) is 1.09. The van der Waals surface area contributed by atoms with Crippen LogP contribution < -0.4 is 16.0 Å². The molecular formula is C17H23N5O6S. The summed E-state index contributed by atoms with van der Waals surface area (Å²) in [5.74, 6) is 0. The van der Waals surface area contributed by atoms with Crippen molar-refractivity contribution in [3.63, 3.8) is 0 Å². The summed E-state index contributed by atoms with van der Waals surface area (Å²) >= 11 is 0. The number of hydrogen-bond acceptors (Lipinski definition) is 6. The van der Waals surface area contributed by atoms with Gasteiger partial charge in [0.15, 0.2) is 0 Å². The van der Waals surface area contributed by atoms with Crippen LogP contribution >= 0.6 is 0 Å². The Balaban J connectivity index is 0.000000537. The number of unbranched alkanes of at least 4 members (excludes halogenated alkanes) is 1. The first-order valence-corrected chi connectivity index (χ1v) is 10.1. The Morgan fingerprint density at radius 2 is 1.86 bits per heavy atom. The zero-order chi connectivity index (χ0) is 21.8. The van der Waals surface area contributed by atoms with E-state index in [4.69, 9.17) is 17.5 Å². The van der Waals surface area contributed by atoms with E-state index in [1.165, 1.54) is 0 Å². The number of rotatable bonds is 5. The van der Waals surface area contributed by atoms with Crippen LogP contribution in [-0.2, 0) is 16.9 Å². The maximum absolute atomic E-state index is 12.3. The van der Waals surface area contributed by atoms with Gasteiger partial charge in [0.25, 0.3) is 0 Å². The number of imidazole rings is 1. The van der Waals surface area contributed by atoms with Crippen molar-refractivity contribution < 1.29 is 17.5 Å². The Morgan fingerprint density at radius 3 is 2.38 bits per heavy atom. The molecule has 1 aromatic carbocycles. The Hall–Kier alpha value is -2.96. The number of benzene rings is 1. The molecule has 0 spiro atoms. The van der Waals surface area contributed by atoms with Crippen LogP contribution in [0.25, 0.3) is 16.7 Å². The van der Waals surface area contributed by atoms with Crippen LogP contribution in [0.4, 0.5) is 5.69 Å². The van der Waals surface area contributed by atoms with Gasteiger partial charge < -0.3 is 19.0 Å². The molecule has 0 aliphatic rings. The first kappa shape index (κ1) is 22.3. The van der Waals surface area contributed by atoms with Crippen LogP contribution in [-0.4, -0.2) is 50.7 Å². The second-order valence-corrected chi connectivity index (χ2v) is 7.33. The zero-order valence-corrected chi connectivity index (χ0v) is 17.0. The van der Waals surface area contributed by atoms with E-state index >= 15 is 0 Å². The molecule has 3 aromatic rings. The number of fused-ring (bicyclic) bond motifs is 1. The molecule has 0 unspecified atom stereocenters. The molecule has 29 heavy (non-hydrogen) atoms. The van der Waals surface area contributed by atoms with Crippen molar-refractivity contribution in [1.29, 1.82) is 0 Å². The normalized spacial score (nSPS) is 11.2. The van der Waals surface area contributed by atoms with E-state index in [-0.39, 0.29) is 0 Å². The van der Waals surface area contributed by atoms with Crippen molar-refractivity contribution in [1.82, 2.24) is 19.1 Å². The van der Waals surface area contributed by atoms with Gasteiger partial charge in [-0.05, 0) is 18.6 Å². The van der Waals surface area contributed by atoms with Gasteiger partial charge in [0.05, 0.1) is 28.7 Å². The minimum absolute atomic E-state index is 0.509. The average Bonchev–Trinajstić information content (AvgIpc) is 3.14. The monoisotopic (exact) mass is 425 g/mol. The Bertz CT molecular complexity index is 1190. The van der Waals surface area contributed by atoms with Crippen LogP contribution in [0.2, 0.25) is 0 Å². The summed E-state index contributed by atoms with van der Waals surface area (Å²) in [5.41, 5.74) is 2.12. The smallest absolute Gasteiger partial charge is 0.376 e. The number of aryl methyl sites for hydroxylation is 1. The first-order chi connectivity index (χ1) is 13.5. The fourth-order valence-electron chi connectivity index (χ4n) is 2.80. The lowest BCUT2D eigenvalue weighted by Crippen LogP contribution is -2.36. The molecule has 0 atom stereocenters. The molecule has 2 heterocycles. The molecule has 0 saturated carbocycles. The lowest BCUT2D eigenvalue weighted by molar-refractivity contribution is 0.381. The number of aromatic amines is 1. The van der Waals surface area contributed by atoms with Gasteiger partial charge in [-0.3, -0.25) is 18.7 Å². The summed E-state index contributed by atoms with van der Waals surface area (Å²) in [5, 5.41) is 0. The minimum atomic E-state index is -4.67. The van der Waals surface area contributed by atoms with Crippen molar-refractivity contribution >= 4 is 27.1 Å². The zero-order valence-electron chi connectivity index (χ0n) is 16.2. The van der Waals surface area contributed by atoms with Gasteiger partial charge >= 0.3 is 21.5 Å². The standard InChI is InChI=1S/C17H21N5O2.H2O4S/c1-4-5-7-22-13-10-15(21-8-6-18-11-21)14(20(2)3)9-12(13)19-16(23)17(22)24;1-5(2,3)4/h6,8-11H,4-5,7H2,1-3H3,(H,19,23);(H2,1,2,3,4). The maximum atomic E-state index is 12.3. The van der Waals surface area contributed by atoms with Crippen molar-refractivity contribution in [3.05, 3.63) is 51.6 Å². The van der Waals surface area contributed by atoms with E-state index in [1.807, 2.05) is 41.9 Å². The summed E-state index contributed by atoms with van der Waals surface area (Å²) in [6.45, 7) is 2.59. The third-order valence-electron chi connectivity index (χ3n) is 4.07. The van der Waals surface area contributed by atoms with E-state index in [1.54, 1.807) is 17.1 Å². The number of aromatic nitrogens is 4. The van der Waals surface area contributed by atoms with E-state index in [2.05, 4.69) is 16.9 Å². The van der Waals surface area contributed by atoms with E-state index in [0.29, 0.717) is 12.1 Å². The van der Waals surface area contributed by atoms with Crippen molar-refractivity contribution in [3.8, 4) is 5.69 Å². The number of anilines is 1. The van der Waals surface area contributed by atoms with Gasteiger partial charge in [0, 0.05) is 33.0 Å². The highest BCUT2D eigenvalue weighted by Crippen LogP contribution is 2.27. The van der Waals surface area contributed by atoms with Crippen LogP contribution in [0.3, 0.4) is 0 Å². The van der Waals surface area contributed by atoms with Gasteiger partial charge in [0.1, 0.15) is 0 Å². The van der Waals surface area contributed by atoms with Gasteiger partial charge in [0.2, 0.25) is 0 Å². The molecule has 11 nitrogen and oxygen atoms in total. The number of H-pyrrole nitrogens is 1. The highest BCUT2D eigenvalue weighted by molar-refractivity contribution is 7.79. The van der Waals surface area contributed by atoms with Crippen molar-refractivity contribution in [2.75, 3.05) is 19.0 Å². The minimum Gasteiger partial charge on any atom is -0.376 e. The highest BCUT2D eigenvalue weighted by atomic mass is 32.3. The molecular weight excluding hydrogens is 402 g/mol. The molecule has 0 radical (unpaired) electrons. The summed E-state index contributed by atoms with van der Waals surface area (Å²) in [6.07, 6.45) is 7.07. The topological polar surface area (TPSA) is 151 Å². The first-order valence-electron chi connectivity index (χ1n) is 8.69. The molecule has 2 aromatic heterocycles. The number of hydrogen-bond donors (Lipinski definition) is 3. The molecule has 12 heteroatoms. The molecule has 158 valence electrons. The van der Waals surface area contributed by atoms with Gasteiger partial charge in [-0.25, -0.2) is 4.98 Å². The van der Waals surface area contributed by atoms with Crippen molar-refractivity contribution in [2.24, 2.45) is 0 Å².